The smallest absolute Gasteiger partial charge is 0.339 e. The van der Waals surface area contributed by atoms with E-state index < -0.39 is 15.9 Å². The van der Waals surface area contributed by atoms with Crippen molar-refractivity contribution < 1.29 is 26.5 Å². The van der Waals surface area contributed by atoms with Crippen molar-refractivity contribution >= 4 is 16.1 Å². The summed E-state index contributed by atoms with van der Waals surface area (Å²) in [6.45, 7) is 4.29. The molecule has 0 bridgehead atoms. The lowest BCUT2D eigenvalue weighted by Gasteiger charge is -2.32. The number of benzene rings is 2. The molecule has 1 fully saturated rings. The van der Waals surface area contributed by atoms with Gasteiger partial charge in [-0.1, -0.05) is 32.3 Å². The number of halogens is 1. The molecule has 1 atom stereocenters. The van der Waals surface area contributed by atoms with Gasteiger partial charge in [-0.15, -0.1) is 0 Å². The standard InChI is InChI=1S/C25H33FN2O5S/c1-4-18(2)28(25(29)27-21-8-6-5-7-9-21)17-19-10-15-23(32-3)24(16-19)33-34(30,31)22-13-11-20(26)12-14-22/h10-16,18,21H,4-9,17H2,1-3H3,(H,27,29). The van der Waals surface area contributed by atoms with Gasteiger partial charge in [-0.3, -0.25) is 0 Å². The van der Waals surface area contributed by atoms with E-state index in [0.29, 0.717) is 5.56 Å². The van der Waals surface area contributed by atoms with Crippen molar-refractivity contribution in [2.75, 3.05) is 7.11 Å². The molecule has 7 nitrogen and oxygen atoms in total. The third-order valence-electron chi connectivity index (χ3n) is 6.20. The summed E-state index contributed by atoms with van der Waals surface area (Å²) in [7, 11) is -2.79. The molecule has 0 aromatic heterocycles. The maximum atomic E-state index is 13.2. The monoisotopic (exact) mass is 492 g/mol. The molecule has 0 spiro atoms. The van der Waals surface area contributed by atoms with E-state index in [1.807, 2.05) is 13.8 Å². The Hall–Kier alpha value is -2.81. The number of ether oxygens (including phenoxy) is 1. The first-order chi connectivity index (χ1) is 16.2. The molecule has 0 aliphatic heterocycles. The van der Waals surface area contributed by atoms with E-state index in [1.165, 1.54) is 13.5 Å². The third kappa shape index (κ3) is 6.62. The van der Waals surface area contributed by atoms with Crippen molar-refractivity contribution in [2.24, 2.45) is 0 Å². The molecule has 0 radical (unpaired) electrons. The molecule has 1 aliphatic rings. The van der Waals surface area contributed by atoms with Crippen molar-refractivity contribution in [3.63, 3.8) is 0 Å². The van der Waals surface area contributed by atoms with E-state index in [0.717, 1.165) is 56.4 Å². The van der Waals surface area contributed by atoms with Gasteiger partial charge in [0.15, 0.2) is 11.5 Å². The number of nitrogens with zero attached hydrogens (tertiary/aromatic N) is 1. The van der Waals surface area contributed by atoms with Crippen molar-refractivity contribution in [3.8, 4) is 11.5 Å². The highest BCUT2D eigenvalue weighted by Crippen LogP contribution is 2.32. The number of hydrogen-bond acceptors (Lipinski definition) is 5. The topological polar surface area (TPSA) is 84.9 Å². The van der Waals surface area contributed by atoms with E-state index in [1.54, 1.807) is 23.1 Å². The molecular formula is C25H33FN2O5S. The Morgan fingerprint density at radius 1 is 1.12 bits per heavy atom. The molecule has 3 rings (SSSR count). The SMILES string of the molecule is CCC(C)N(Cc1ccc(OC)c(OS(=O)(=O)c2ccc(F)cc2)c1)C(=O)NC1CCCCC1. The van der Waals surface area contributed by atoms with Crippen molar-refractivity contribution in [1.29, 1.82) is 0 Å². The molecule has 34 heavy (non-hydrogen) atoms. The average molecular weight is 493 g/mol. The van der Waals surface area contributed by atoms with Gasteiger partial charge in [-0.05, 0) is 68.1 Å². The number of urea groups is 1. The molecule has 1 aliphatic carbocycles. The van der Waals surface area contributed by atoms with Crippen LogP contribution in [0.3, 0.4) is 0 Å². The van der Waals surface area contributed by atoms with Crippen LogP contribution in [-0.4, -0.2) is 38.5 Å². The van der Waals surface area contributed by atoms with Gasteiger partial charge in [0.25, 0.3) is 0 Å². The number of amides is 2. The second kappa shape index (κ2) is 11.6. The van der Waals surface area contributed by atoms with Crippen molar-refractivity contribution in [1.82, 2.24) is 10.2 Å². The Kier molecular flexibility index (Phi) is 8.77. The molecule has 2 aromatic rings. The van der Waals surface area contributed by atoms with Crippen LogP contribution >= 0.6 is 0 Å². The minimum Gasteiger partial charge on any atom is -0.493 e. The highest BCUT2D eigenvalue weighted by molar-refractivity contribution is 7.87. The van der Waals surface area contributed by atoms with Gasteiger partial charge in [0.05, 0.1) is 7.11 Å². The lowest BCUT2D eigenvalue weighted by atomic mass is 9.96. The minimum absolute atomic E-state index is 0.00103. The molecule has 2 aromatic carbocycles. The lowest BCUT2D eigenvalue weighted by Crippen LogP contribution is -2.48. The highest BCUT2D eigenvalue weighted by atomic mass is 32.2. The van der Waals surface area contributed by atoms with E-state index in [-0.39, 0.29) is 41.1 Å². The molecule has 1 saturated carbocycles. The number of carbonyl (C=O) groups excluding carboxylic acids is 1. The largest absolute Gasteiger partial charge is 0.493 e. The average Bonchev–Trinajstić information content (AvgIpc) is 2.83. The minimum atomic E-state index is -4.20. The summed E-state index contributed by atoms with van der Waals surface area (Å²) >= 11 is 0. The van der Waals surface area contributed by atoms with Crippen LogP contribution in [0, 0.1) is 5.82 Å². The number of rotatable bonds is 9. The Morgan fingerprint density at radius 3 is 2.41 bits per heavy atom. The number of hydrogen-bond donors (Lipinski definition) is 1. The molecule has 0 saturated heterocycles. The fourth-order valence-corrected chi connectivity index (χ4v) is 4.93. The van der Waals surface area contributed by atoms with Gasteiger partial charge >= 0.3 is 16.1 Å². The van der Waals surface area contributed by atoms with Crippen LogP contribution in [0.1, 0.15) is 57.9 Å². The molecule has 186 valence electrons. The van der Waals surface area contributed by atoms with Crippen molar-refractivity contribution in [3.05, 3.63) is 53.8 Å². The van der Waals surface area contributed by atoms with Crippen LogP contribution < -0.4 is 14.2 Å². The molecule has 0 heterocycles. The third-order valence-corrected chi connectivity index (χ3v) is 7.45. The Bertz CT molecular complexity index is 1070. The highest BCUT2D eigenvalue weighted by Gasteiger charge is 2.25. The van der Waals surface area contributed by atoms with Gasteiger partial charge < -0.3 is 19.1 Å². The first-order valence-corrected chi connectivity index (χ1v) is 13.1. The quantitative estimate of drug-likeness (QED) is 0.484. The van der Waals surface area contributed by atoms with Crippen LogP contribution in [-0.2, 0) is 16.7 Å². The first-order valence-electron chi connectivity index (χ1n) is 11.7. The molecule has 2 amide bonds. The number of methoxy groups -OCH3 is 1. The Labute approximate surface area is 201 Å². The zero-order chi connectivity index (χ0) is 24.7. The predicted molar refractivity (Wildman–Crippen MR) is 128 cm³/mol. The normalized spacial score (nSPS) is 15.4. The van der Waals surface area contributed by atoms with Crippen molar-refractivity contribution in [2.45, 2.75) is 75.9 Å². The van der Waals surface area contributed by atoms with Gasteiger partial charge in [0, 0.05) is 18.6 Å². The number of carbonyl (C=O) groups is 1. The number of nitrogens with one attached hydrogen (secondary N) is 1. The second-order valence-corrected chi connectivity index (χ2v) is 10.2. The predicted octanol–water partition coefficient (Wildman–Crippen LogP) is 5.24. The summed E-state index contributed by atoms with van der Waals surface area (Å²) in [5, 5.41) is 3.16. The summed E-state index contributed by atoms with van der Waals surface area (Å²) in [4.78, 5) is 14.7. The van der Waals surface area contributed by atoms with Gasteiger partial charge in [0.2, 0.25) is 0 Å². The molecule has 9 heteroatoms. The van der Waals surface area contributed by atoms with E-state index in [4.69, 9.17) is 8.92 Å². The Morgan fingerprint density at radius 2 is 1.79 bits per heavy atom. The molecular weight excluding hydrogens is 459 g/mol. The van der Waals surface area contributed by atoms with Gasteiger partial charge in [-0.2, -0.15) is 8.42 Å². The van der Waals surface area contributed by atoms with Crippen LogP contribution in [0.4, 0.5) is 9.18 Å². The summed E-state index contributed by atoms with van der Waals surface area (Å²) in [6.07, 6.45) is 6.20. The maximum absolute atomic E-state index is 13.2. The van der Waals surface area contributed by atoms with Crippen LogP contribution in [0.2, 0.25) is 0 Å². The summed E-state index contributed by atoms with van der Waals surface area (Å²) in [5.41, 5.74) is 0.698. The lowest BCUT2D eigenvalue weighted by molar-refractivity contribution is 0.166. The maximum Gasteiger partial charge on any atom is 0.339 e. The van der Waals surface area contributed by atoms with Gasteiger partial charge in [0.1, 0.15) is 10.7 Å². The zero-order valence-corrected chi connectivity index (χ0v) is 20.7. The van der Waals surface area contributed by atoms with E-state index in [9.17, 15) is 17.6 Å². The van der Waals surface area contributed by atoms with Crippen LogP contribution in [0.15, 0.2) is 47.4 Å². The Balaban J connectivity index is 1.81. The van der Waals surface area contributed by atoms with Gasteiger partial charge in [-0.25, -0.2) is 9.18 Å². The van der Waals surface area contributed by atoms with Crippen LogP contribution in [0.5, 0.6) is 11.5 Å². The zero-order valence-electron chi connectivity index (χ0n) is 19.9. The summed E-state index contributed by atoms with van der Waals surface area (Å²) < 4.78 is 49.3. The summed E-state index contributed by atoms with van der Waals surface area (Å²) in [6, 6.07) is 9.38. The second-order valence-electron chi connectivity index (χ2n) is 8.65. The molecule has 1 unspecified atom stereocenters. The molecule has 1 N–H and O–H groups in total. The van der Waals surface area contributed by atoms with Crippen LogP contribution in [0.25, 0.3) is 0 Å². The first kappa shape index (κ1) is 25.8. The fraction of sp³-hybridized carbons (Fsp3) is 0.480. The van der Waals surface area contributed by atoms with E-state index >= 15 is 0 Å². The summed E-state index contributed by atoms with van der Waals surface area (Å²) in [5.74, 6) is -0.313. The fourth-order valence-electron chi connectivity index (χ4n) is 4.00. The van der Waals surface area contributed by atoms with E-state index in [2.05, 4.69) is 5.32 Å².